The van der Waals surface area contributed by atoms with Gasteiger partial charge in [0, 0.05) is 10.2 Å². The molecule has 0 aromatic heterocycles. The average molecular weight is 407 g/mol. The second kappa shape index (κ2) is 7.70. The molecule has 1 unspecified atom stereocenters. The third-order valence-corrected chi connectivity index (χ3v) is 5.57. The van der Waals surface area contributed by atoms with Gasteiger partial charge in [-0.1, -0.05) is 57.0 Å². The number of hydrogen-bond acceptors (Lipinski definition) is 3. The second-order valence-corrected chi connectivity index (χ2v) is 8.04. The van der Waals surface area contributed by atoms with Crippen molar-refractivity contribution in [1.29, 1.82) is 0 Å². The molecule has 24 heavy (non-hydrogen) atoms. The van der Waals surface area contributed by atoms with Crippen molar-refractivity contribution in [1.82, 2.24) is 5.32 Å². The number of amidine groups is 1. The predicted octanol–water partition coefficient (Wildman–Crippen LogP) is 5.18. The molecule has 0 saturated carbocycles. The van der Waals surface area contributed by atoms with E-state index >= 15 is 0 Å². The van der Waals surface area contributed by atoms with E-state index < -0.39 is 0 Å². The first-order valence-electron chi connectivity index (χ1n) is 7.97. The van der Waals surface area contributed by atoms with E-state index in [1.807, 2.05) is 0 Å². The minimum Gasteiger partial charge on any atom is -0.358 e. The van der Waals surface area contributed by atoms with Gasteiger partial charge in [-0.15, -0.1) is 0 Å². The number of benzene rings is 2. The van der Waals surface area contributed by atoms with Crippen molar-refractivity contribution in [3.63, 3.8) is 0 Å². The van der Waals surface area contributed by atoms with E-state index in [0.29, 0.717) is 0 Å². The summed E-state index contributed by atoms with van der Waals surface area (Å²) in [7, 11) is 0. The van der Waals surface area contributed by atoms with Gasteiger partial charge in [0.2, 0.25) is 0 Å². The standard InChI is InChI=1S/C19H20BrFN2S/c1-12-7-13(2)9-14(8-12)10-18(23-19-22-5-6-24-19)16-11-15(21)3-4-17(16)20/h3-4,7-9,11,18H,5-6,10H2,1-2H3,(H,22,23). The molecule has 2 nitrogen and oxygen atoms in total. The highest BCUT2D eigenvalue weighted by Gasteiger charge is 2.19. The third-order valence-electron chi connectivity index (χ3n) is 3.94. The molecule has 0 bridgehead atoms. The molecule has 2 aromatic rings. The molecular weight excluding hydrogens is 387 g/mol. The van der Waals surface area contributed by atoms with Crippen LogP contribution in [0.15, 0.2) is 45.9 Å². The van der Waals surface area contributed by atoms with Crippen LogP contribution in [0.2, 0.25) is 0 Å². The minimum absolute atomic E-state index is 0.0272. The Morgan fingerprint density at radius 2 is 1.96 bits per heavy atom. The first kappa shape index (κ1) is 17.5. The summed E-state index contributed by atoms with van der Waals surface area (Å²) in [4.78, 5) is 4.49. The van der Waals surface area contributed by atoms with Crippen LogP contribution in [0.4, 0.5) is 4.39 Å². The molecule has 1 aliphatic rings. The van der Waals surface area contributed by atoms with Gasteiger partial charge in [0.05, 0.1) is 12.6 Å². The van der Waals surface area contributed by atoms with Gasteiger partial charge in [0.15, 0.2) is 5.17 Å². The Kier molecular flexibility index (Phi) is 5.61. The zero-order valence-corrected chi connectivity index (χ0v) is 16.2. The van der Waals surface area contributed by atoms with Crippen molar-refractivity contribution in [3.05, 3.63) is 68.9 Å². The largest absolute Gasteiger partial charge is 0.358 e. The zero-order chi connectivity index (χ0) is 17.1. The molecule has 2 aromatic carbocycles. The fourth-order valence-corrected chi connectivity index (χ4v) is 4.32. The molecule has 126 valence electrons. The monoisotopic (exact) mass is 406 g/mol. The maximum absolute atomic E-state index is 13.8. The van der Waals surface area contributed by atoms with Crippen LogP contribution in [0.3, 0.4) is 0 Å². The van der Waals surface area contributed by atoms with Crippen molar-refractivity contribution in [3.8, 4) is 0 Å². The Morgan fingerprint density at radius 1 is 1.21 bits per heavy atom. The average Bonchev–Trinajstić information content (AvgIpc) is 3.01. The van der Waals surface area contributed by atoms with Crippen molar-refractivity contribution in [2.45, 2.75) is 26.3 Å². The number of aliphatic imine (C=N–C) groups is 1. The Labute approximate surface area is 155 Å². The minimum atomic E-state index is -0.221. The van der Waals surface area contributed by atoms with Gasteiger partial charge in [0.1, 0.15) is 5.82 Å². The van der Waals surface area contributed by atoms with Crippen LogP contribution in [0.25, 0.3) is 0 Å². The topological polar surface area (TPSA) is 24.4 Å². The number of thioether (sulfide) groups is 1. The molecule has 0 amide bonds. The Bertz CT molecular complexity index is 756. The number of nitrogens with zero attached hydrogens (tertiary/aromatic N) is 1. The maximum atomic E-state index is 13.8. The summed E-state index contributed by atoms with van der Waals surface area (Å²) in [6, 6.07) is 11.4. The number of rotatable bonds is 4. The van der Waals surface area contributed by atoms with Crippen LogP contribution in [-0.2, 0) is 6.42 Å². The van der Waals surface area contributed by atoms with E-state index in [1.54, 1.807) is 23.9 Å². The normalized spacial score (nSPS) is 15.2. The van der Waals surface area contributed by atoms with E-state index in [4.69, 9.17) is 0 Å². The predicted molar refractivity (Wildman–Crippen MR) is 104 cm³/mol. The fourth-order valence-electron chi connectivity index (χ4n) is 3.01. The second-order valence-electron chi connectivity index (χ2n) is 6.10. The Hall–Kier alpha value is -1.33. The van der Waals surface area contributed by atoms with Crippen molar-refractivity contribution >= 4 is 32.9 Å². The van der Waals surface area contributed by atoms with Crippen LogP contribution >= 0.6 is 27.7 Å². The van der Waals surface area contributed by atoms with Gasteiger partial charge < -0.3 is 5.32 Å². The van der Waals surface area contributed by atoms with Gasteiger partial charge in [-0.05, 0) is 49.6 Å². The van der Waals surface area contributed by atoms with E-state index in [1.165, 1.54) is 22.8 Å². The highest BCUT2D eigenvalue weighted by Crippen LogP contribution is 2.29. The molecule has 1 heterocycles. The van der Waals surface area contributed by atoms with Crippen molar-refractivity contribution in [2.24, 2.45) is 4.99 Å². The van der Waals surface area contributed by atoms with Crippen LogP contribution in [-0.4, -0.2) is 17.5 Å². The fraction of sp³-hybridized carbons (Fsp3) is 0.316. The van der Waals surface area contributed by atoms with Crippen LogP contribution < -0.4 is 5.32 Å². The van der Waals surface area contributed by atoms with Gasteiger partial charge in [-0.25, -0.2) is 4.39 Å². The molecule has 1 aliphatic heterocycles. The molecule has 0 fully saturated rings. The van der Waals surface area contributed by atoms with Crippen molar-refractivity contribution in [2.75, 3.05) is 12.3 Å². The lowest BCUT2D eigenvalue weighted by Gasteiger charge is -2.22. The summed E-state index contributed by atoms with van der Waals surface area (Å²) in [6.45, 7) is 5.05. The first-order chi connectivity index (χ1) is 11.5. The molecule has 5 heteroatoms. The summed E-state index contributed by atoms with van der Waals surface area (Å²) in [5.41, 5.74) is 4.65. The molecule has 0 spiro atoms. The van der Waals surface area contributed by atoms with E-state index in [2.05, 4.69) is 58.3 Å². The van der Waals surface area contributed by atoms with Gasteiger partial charge >= 0.3 is 0 Å². The van der Waals surface area contributed by atoms with Gasteiger partial charge in [-0.2, -0.15) is 0 Å². The summed E-state index contributed by atoms with van der Waals surface area (Å²) < 4.78 is 14.7. The molecule has 3 rings (SSSR count). The smallest absolute Gasteiger partial charge is 0.157 e. The Morgan fingerprint density at radius 3 is 2.62 bits per heavy atom. The quantitative estimate of drug-likeness (QED) is 0.755. The summed E-state index contributed by atoms with van der Waals surface area (Å²) in [6.07, 6.45) is 0.782. The third kappa shape index (κ3) is 4.39. The van der Waals surface area contributed by atoms with Gasteiger partial charge in [-0.3, -0.25) is 4.99 Å². The highest BCUT2D eigenvalue weighted by molar-refractivity contribution is 9.10. The lowest BCUT2D eigenvalue weighted by molar-refractivity contribution is 0.605. The first-order valence-corrected chi connectivity index (χ1v) is 9.75. The molecule has 1 N–H and O–H groups in total. The molecule has 0 saturated heterocycles. The molecule has 1 atom stereocenters. The number of nitrogens with one attached hydrogen (secondary N) is 1. The van der Waals surface area contributed by atoms with E-state index in [-0.39, 0.29) is 11.9 Å². The lowest BCUT2D eigenvalue weighted by atomic mass is 9.96. The number of hydrogen-bond donors (Lipinski definition) is 1. The van der Waals surface area contributed by atoms with Crippen molar-refractivity contribution < 1.29 is 4.39 Å². The lowest BCUT2D eigenvalue weighted by Crippen LogP contribution is -2.27. The highest BCUT2D eigenvalue weighted by atomic mass is 79.9. The summed E-state index contributed by atoms with van der Waals surface area (Å²) in [5, 5.41) is 4.45. The maximum Gasteiger partial charge on any atom is 0.157 e. The van der Waals surface area contributed by atoms with Crippen LogP contribution in [0, 0.1) is 19.7 Å². The number of aryl methyl sites for hydroxylation is 2. The van der Waals surface area contributed by atoms with Gasteiger partial charge in [0.25, 0.3) is 0 Å². The SMILES string of the molecule is Cc1cc(C)cc(CC(NC2=NCCS2)c2cc(F)ccc2Br)c1. The number of halogens is 2. The molecule has 0 radical (unpaired) electrons. The van der Waals surface area contributed by atoms with E-state index in [0.717, 1.165) is 33.9 Å². The Balaban J connectivity index is 1.93. The molecule has 0 aliphatic carbocycles. The molecular formula is C19H20BrFN2S. The summed E-state index contributed by atoms with van der Waals surface area (Å²) >= 11 is 5.29. The summed E-state index contributed by atoms with van der Waals surface area (Å²) in [5.74, 6) is 0.782. The van der Waals surface area contributed by atoms with Crippen LogP contribution in [0.1, 0.15) is 28.3 Å². The zero-order valence-electron chi connectivity index (χ0n) is 13.8. The van der Waals surface area contributed by atoms with Crippen LogP contribution in [0.5, 0.6) is 0 Å². The van der Waals surface area contributed by atoms with E-state index in [9.17, 15) is 4.39 Å².